The normalized spacial score (nSPS) is 18.2. The van der Waals surface area contributed by atoms with Crippen LogP contribution >= 0.6 is 11.3 Å². The van der Waals surface area contributed by atoms with Crippen LogP contribution < -0.4 is 10.6 Å². The predicted octanol–water partition coefficient (Wildman–Crippen LogP) is 3.32. The number of nitrogens with zero attached hydrogens (tertiary/aromatic N) is 5. The minimum absolute atomic E-state index is 0.277. The number of ether oxygens (including phenoxy) is 1. The van der Waals surface area contributed by atoms with Gasteiger partial charge in [-0.15, -0.1) is 11.3 Å². The number of anilines is 1. The Morgan fingerprint density at radius 1 is 1.08 bits per heavy atom. The lowest BCUT2D eigenvalue weighted by atomic mass is 10.0. The molecule has 2 aliphatic heterocycles. The fourth-order valence-corrected chi connectivity index (χ4v) is 6.30. The van der Waals surface area contributed by atoms with E-state index in [1.807, 2.05) is 38.1 Å². The molecule has 0 spiro atoms. The molecule has 2 aliphatic rings. The number of hydrogen-bond acceptors (Lipinski definition) is 9. The molecule has 4 aromatic rings. The number of amides is 1. The lowest BCUT2D eigenvalue weighted by Gasteiger charge is -2.42. The number of rotatable bonds is 6. The second-order valence-corrected chi connectivity index (χ2v) is 11.4. The number of para-hydroxylation sites is 1. The lowest BCUT2D eigenvalue weighted by Crippen LogP contribution is -2.59. The van der Waals surface area contributed by atoms with Crippen molar-refractivity contribution >= 4 is 44.2 Å². The molecule has 2 fully saturated rings. The molecule has 1 aromatic carbocycles. The quantitative estimate of drug-likeness (QED) is 0.413. The molecule has 0 atom stereocenters. The standard InChI is InChI=1S/C27H32N6O3S/c1-27(2,26(28)34)33-9-7-31(8-10-33)16-18-15-21-23(37-18)25(32-11-13-35-14-12-32)30-24(29-21)20-17-36-22-6-4-3-5-19(20)22/h3-6,15,17H,7-14,16H2,1-2H3,(H2,28,34). The molecule has 0 unspecified atom stereocenters. The topological polar surface area (TPSA) is 101 Å². The number of furan rings is 1. The van der Waals surface area contributed by atoms with Gasteiger partial charge in [-0.1, -0.05) is 18.2 Å². The second kappa shape index (κ2) is 9.68. The Morgan fingerprint density at radius 3 is 2.59 bits per heavy atom. The first-order valence-corrected chi connectivity index (χ1v) is 13.6. The van der Waals surface area contributed by atoms with Crippen LogP contribution in [0.2, 0.25) is 0 Å². The molecule has 0 aliphatic carbocycles. The Bertz CT molecular complexity index is 1430. The van der Waals surface area contributed by atoms with Crippen LogP contribution in [0.3, 0.4) is 0 Å². The van der Waals surface area contributed by atoms with Crippen LogP contribution in [0.4, 0.5) is 5.82 Å². The molecule has 0 radical (unpaired) electrons. The maximum atomic E-state index is 11.9. The number of hydrogen-bond donors (Lipinski definition) is 1. The summed E-state index contributed by atoms with van der Waals surface area (Å²) >= 11 is 1.77. The molecule has 194 valence electrons. The van der Waals surface area contributed by atoms with E-state index < -0.39 is 5.54 Å². The van der Waals surface area contributed by atoms with Crippen molar-refractivity contribution < 1.29 is 13.9 Å². The van der Waals surface area contributed by atoms with Gasteiger partial charge in [-0.3, -0.25) is 14.6 Å². The Balaban J connectivity index is 1.30. The van der Waals surface area contributed by atoms with E-state index in [9.17, 15) is 4.79 Å². The highest BCUT2D eigenvalue weighted by Crippen LogP contribution is 2.37. The SMILES string of the molecule is CC(C)(C(N)=O)N1CCN(Cc2cc3nc(-c4coc5ccccc45)nc(N4CCOCC4)c3s2)CC1. The van der Waals surface area contributed by atoms with Gasteiger partial charge in [0.05, 0.1) is 34.5 Å². The Kier molecular flexibility index (Phi) is 6.36. The smallest absolute Gasteiger partial charge is 0.237 e. The minimum atomic E-state index is -0.625. The van der Waals surface area contributed by atoms with E-state index in [0.29, 0.717) is 19.0 Å². The first kappa shape index (κ1) is 24.3. The van der Waals surface area contributed by atoms with E-state index in [0.717, 1.165) is 78.4 Å². The first-order chi connectivity index (χ1) is 17.9. The average molecular weight is 521 g/mol. The summed E-state index contributed by atoms with van der Waals surface area (Å²) in [6.07, 6.45) is 1.76. The van der Waals surface area contributed by atoms with Crippen molar-refractivity contribution in [1.82, 2.24) is 19.8 Å². The van der Waals surface area contributed by atoms with Gasteiger partial charge in [0.1, 0.15) is 11.8 Å². The zero-order valence-electron chi connectivity index (χ0n) is 21.3. The zero-order chi connectivity index (χ0) is 25.6. The van der Waals surface area contributed by atoms with Crippen molar-refractivity contribution in [3.05, 3.63) is 41.5 Å². The number of fused-ring (bicyclic) bond motifs is 2. The summed E-state index contributed by atoms with van der Waals surface area (Å²) in [4.78, 5) is 30.1. The number of benzene rings is 1. The Labute approximate surface area is 219 Å². The number of aromatic nitrogens is 2. The van der Waals surface area contributed by atoms with E-state index in [2.05, 4.69) is 20.8 Å². The Morgan fingerprint density at radius 2 is 1.84 bits per heavy atom. The van der Waals surface area contributed by atoms with E-state index in [-0.39, 0.29) is 5.91 Å². The van der Waals surface area contributed by atoms with Crippen molar-refractivity contribution in [2.24, 2.45) is 5.73 Å². The van der Waals surface area contributed by atoms with Crippen molar-refractivity contribution in [3.63, 3.8) is 0 Å². The fraction of sp³-hybridized carbons (Fsp3) is 0.444. The highest BCUT2D eigenvalue weighted by Gasteiger charge is 2.34. The van der Waals surface area contributed by atoms with Gasteiger partial charge < -0.3 is 19.8 Å². The molecule has 2 saturated heterocycles. The second-order valence-electron chi connectivity index (χ2n) is 10.2. The molecule has 1 amide bonds. The van der Waals surface area contributed by atoms with Gasteiger partial charge in [0.15, 0.2) is 11.6 Å². The molecule has 9 nitrogen and oxygen atoms in total. The molecule has 37 heavy (non-hydrogen) atoms. The summed E-state index contributed by atoms with van der Waals surface area (Å²) in [5.74, 6) is 1.38. The van der Waals surface area contributed by atoms with Gasteiger partial charge in [0.25, 0.3) is 0 Å². The summed E-state index contributed by atoms with van der Waals surface area (Å²) in [5, 5.41) is 1.02. The van der Waals surface area contributed by atoms with Crippen LogP contribution in [0, 0.1) is 0 Å². The lowest BCUT2D eigenvalue weighted by molar-refractivity contribution is -0.129. The van der Waals surface area contributed by atoms with Crippen LogP contribution in [0.1, 0.15) is 18.7 Å². The first-order valence-electron chi connectivity index (χ1n) is 12.8. The largest absolute Gasteiger partial charge is 0.464 e. The fourth-order valence-electron chi connectivity index (χ4n) is 5.14. The molecule has 2 N–H and O–H groups in total. The summed E-state index contributed by atoms with van der Waals surface area (Å²) < 4.78 is 12.5. The highest BCUT2D eigenvalue weighted by atomic mass is 32.1. The average Bonchev–Trinajstić information content (AvgIpc) is 3.52. The van der Waals surface area contributed by atoms with Crippen molar-refractivity contribution in [2.45, 2.75) is 25.9 Å². The third kappa shape index (κ3) is 4.59. The van der Waals surface area contributed by atoms with Crippen LogP contribution in [-0.4, -0.2) is 83.7 Å². The van der Waals surface area contributed by atoms with Crippen LogP contribution in [0.25, 0.3) is 32.6 Å². The monoisotopic (exact) mass is 520 g/mol. The molecule has 10 heteroatoms. The molecule has 3 aromatic heterocycles. The molecular weight excluding hydrogens is 488 g/mol. The number of nitrogens with two attached hydrogens (primary N) is 1. The number of piperazine rings is 1. The van der Waals surface area contributed by atoms with E-state index in [4.69, 9.17) is 24.9 Å². The number of thiophene rings is 1. The molecule has 5 heterocycles. The van der Waals surface area contributed by atoms with Gasteiger partial charge in [-0.25, -0.2) is 9.97 Å². The van der Waals surface area contributed by atoms with Gasteiger partial charge in [0.2, 0.25) is 5.91 Å². The van der Waals surface area contributed by atoms with Crippen LogP contribution in [0.5, 0.6) is 0 Å². The van der Waals surface area contributed by atoms with E-state index >= 15 is 0 Å². The highest BCUT2D eigenvalue weighted by molar-refractivity contribution is 7.19. The maximum absolute atomic E-state index is 11.9. The van der Waals surface area contributed by atoms with E-state index in [1.165, 1.54) is 4.88 Å². The summed E-state index contributed by atoms with van der Waals surface area (Å²) in [7, 11) is 0. The van der Waals surface area contributed by atoms with Gasteiger partial charge in [-0.2, -0.15) is 0 Å². The van der Waals surface area contributed by atoms with Crippen LogP contribution in [-0.2, 0) is 16.1 Å². The van der Waals surface area contributed by atoms with Crippen molar-refractivity contribution in [3.8, 4) is 11.4 Å². The van der Waals surface area contributed by atoms with Gasteiger partial charge >= 0.3 is 0 Å². The van der Waals surface area contributed by atoms with Crippen LogP contribution in [0.15, 0.2) is 41.0 Å². The van der Waals surface area contributed by atoms with Gasteiger partial charge in [0, 0.05) is 56.1 Å². The predicted molar refractivity (Wildman–Crippen MR) is 146 cm³/mol. The third-order valence-corrected chi connectivity index (χ3v) is 8.69. The van der Waals surface area contributed by atoms with Crippen molar-refractivity contribution in [2.75, 3.05) is 57.4 Å². The molecule has 0 bridgehead atoms. The maximum Gasteiger partial charge on any atom is 0.237 e. The molecular formula is C27H32N6O3S. The number of carbonyl (C=O) groups excluding carboxylic acids is 1. The number of primary amides is 1. The van der Waals surface area contributed by atoms with E-state index in [1.54, 1.807) is 17.6 Å². The summed E-state index contributed by atoms with van der Waals surface area (Å²) in [5.41, 5.74) is 7.71. The third-order valence-electron chi connectivity index (χ3n) is 7.58. The zero-order valence-corrected chi connectivity index (χ0v) is 22.1. The molecule has 0 saturated carbocycles. The Hall–Kier alpha value is -3.05. The van der Waals surface area contributed by atoms with Gasteiger partial charge in [-0.05, 0) is 26.0 Å². The number of morpholine rings is 1. The minimum Gasteiger partial charge on any atom is -0.464 e. The summed E-state index contributed by atoms with van der Waals surface area (Å²) in [6, 6.07) is 10.2. The van der Waals surface area contributed by atoms with Crippen molar-refractivity contribution in [1.29, 1.82) is 0 Å². The molecule has 6 rings (SSSR count). The summed E-state index contributed by atoms with van der Waals surface area (Å²) in [6.45, 7) is 11.1. The number of carbonyl (C=O) groups is 1.